The molecule has 0 radical (unpaired) electrons. The van der Waals surface area contributed by atoms with Crippen LogP contribution in [0.3, 0.4) is 0 Å². The summed E-state index contributed by atoms with van der Waals surface area (Å²) >= 11 is 0. The van der Waals surface area contributed by atoms with Gasteiger partial charge in [-0.25, -0.2) is 4.39 Å². The Labute approximate surface area is 118 Å². The first kappa shape index (κ1) is 14.9. The predicted molar refractivity (Wildman–Crippen MR) is 72.8 cm³/mol. The number of ether oxygens (including phenoxy) is 2. The molecule has 0 aliphatic carbocycles. The number of rotatable bonds is 5. The van der Waals surface area contributed by atoms with Crippen molar-refractivity contribution in [1.82, 2.24) is 4.90 Å². The van der Waals surface area contributed by atoms with Gasteiger partial charge in [0.2, 0.25) is 0 Å². The van der Waals surface area contributed by atoms with Crippen molar-refractivity contribution in [1.29, 1.82) is 0 Å². The Hall–Kier alpha value is -1.46. The molecular weight excluding hydrogens is 261 g/mol. The van der Waals surface area contributed by atoms with Gasteiger partial charge < -0.3 is 9.47 Å². The van der Waals surface area contributed by atoms with E-state index in [2.05, 4.69) is 4.90 Å². The number of benzene rings is 1. The molecule has 5 heteroatoms. The molecule has 0 bridgehead atoms. The van der Waals surface area contributed by atoms with Gasteiger partial charge in [0.05, 0.1) is 26.2 Å². The fourth-order valence-electron chi connectivity index (χ4n) is 2.45. The fourth-order valence-corrected chi connectivity index (χ4v) is 2.45. The minimum atomic E-state index is -0.299. The predicted octanol–water partition coefficient (Wildman–Crippen LogP) is 2.15. The van der Waals surface area contributed by atoms with E-state index in [1.165, 1.54) is 6.07 Å². The van der Waals surface area contributed by atoms with Crippen LogP contribution in [0.5, 0.6) is 0 Å². The van der Waals surface area contributed by atoms with E-state index in [4.69, 9.17) is 9.47 Å². The number of halogens is 1. The Morgan fingerprint density at radius 2 is 2.10 bits per heavy atom. The van der Waals surface area contributed by atoms with Crippen LogP contribution in [0.2, 0.25) is 0 Å². The lowest BCUT2D eigenvalue weighted by Gasteiger charge is -2.34. The summed E-state index contributed by atoms with van der Waals surface area (Å²) in [5.74, 6) is -0.583. The van der Waals surface area contributed by atoms with Crippen molar-refractivity contribution >= 4 is 5.97 Å². The number of hydrogen-bond donors (Lipinski definition) is 0. The highest BCUT2D eigenvalue weighted by atomic mass is 19.1. The van der Waals surface area contributed by atoms with Crippen molar-refractivity contribution in [2.45, 2.75) is 19.4 Å². The Kier molecular flexibility index (Phi) is 5.49. The Morgan fingerprint density at radius 3 is 2.75 bits per heavy atom. The molecule has 1 fully saturated rings. The average Bonchev–Trinajstić information content (AvgIpc) is 2.47. The van der Waals surface area contributed by atoms with Crippen LogP contribution in [0.15, 0.2) is 24.3 Å². The molecule has 1 atom stereocenters. The topological polar surface area (TPSA) is 38.8 Å². The van der Waals surface area contributed by atoms with Crippen LogP contribution in [0.1, 0.15) is 24.9 Å². The lowest BCUT2D eigenvalue weighted by molar-refractivity contribution is -0.145. The summed E-state index contributed by atoms with van der Waals surface area (Å²) in [5, 5.41) is 0. The molecule has 4 nitrogen and oxygen atoms in total. The molecule has 20 heavy (non-hydrogen) atoms. The lowest BCUT2D eigenvalue weighted by Crippen LogP contribution is -2.40. The highest BCUT2D eigenvalue weighted by Crippen LogP contribution is 2.27. The van der Waals surface area contributed by atoms with Crippen LogP contribution in [0.25, 0.3) is 0 Å². The van der Waals surface area contributed by atoms with Crippen LogP contribution in [-0.2, 0) is 14.3 Å². The quantitative estimate of drug-likeness (QED) is 0.775. The zero-order chi connectivity index (χ0) is 14.4. The van der Waals surface area contributed by atoms with Crippen LogP contribution in [-0.4, -0.2) is 43.8 Å². The van der Waals surface area contributed by atoms with E-state index >= 15 is 0 Å². The molecular formula is C15H20FNO3. The van der Waals surface area contributed by atoms with Crippen molar-refractivity contribution in [3.63, 3.8) is 0 Å². The summed E-state index contributed by atoms with van der Waals surface area (Å²) in [7, 11) is 0. The van der Waals surface area contributed by atoms with Crippen molar-refractivity contribution in [2.24, 2.45) is 0 Å². The standard InChI is InChI=1S/C15H20FNO3/c1-2-20-15(18)11-14(17-7-9-19-10-8-17)12-5-3-4-6-13(12)16/h3-6,14H,2,7-11H2,1H3. The van der Waals surface area contributed by atoms with E-state index in [1.54, 1.807) is 25.1 Å². The van der Waals surface area contributed by atoms with E-state index in [1.807, 2.05) is 0 Å². The minimum absolute atomic E-state index is 0.161. The number of carbonyl (C=O) groups excluding carboxylic acids is 1. The molecule has 1 saturated heterocycles. The summed E-state index contributed by atoms with van der Waals surface area (Å²) in [6, 6.07) is 6.30. The molecule has 0 saturated carbocycles. The second kappa shape index (κ2) is 7.36. The van der Waals surface area contributed by atoms with Crippen molar-refractivity contribution < 1.29 is 18.7 Å². The molecule has 1 aromatic carbocycles. The van der Waals surface area contributed by atoms with Gasteiger partial charge in [-0.15, -0.1) is 0 Å². The van der Waals surface area contributed by atoms with Gasteiger partial charge in [0, 0.05) is 24.7 Å². The fraction of sp³-hybridized carbons (Fsp3) is 0.533. The second-order valence-electron chi connectivity index (χ2n) is 4.69. The lowest BCUT2D eigenvalue weighted by atomic mass is 10.0. The molecule has 1 heterocycles. The normalized spacial score (nSPS) is 17.7. The molecule has 110 valence electrons. The second-order valence-corrected chi connectivity index (χ2v) is 4.69. The van der Waals surface area contributed by atoms with Gasteiger partial charge in [0.1, 0.15) is 5.82 Å². The Balaban J connectivity index is 2.19. The van der Waals surface area contributed by atoms with E-state index in [-0.39, 0.29) is 24.2 Å². The van der Waals surface area contributed by atoms with Gasteiger partial charge >= 0.3 is 5.97 Å². The number of carbonyl (C=O) groups is 1. The van der Waals surface area contributed by atoms with Gasteiger partial charge in [0.25, 0.3) is 0 Å². The summed E-state index contributed by atoms with van der Waals surface area (Å²) < 4.78 is 24.3. The van der Waals surface area contributed by atoms with Gasteiger partial charge in [-0.05, 0) is 13.0 Å². The third-order valence-corrected chi connectivity index (χ3v) is 3.42. The number of esters is 1. The van der Waals surface area contributed by atoms with E-state index in [0.29, 0.717) is 38.5 Å². The first-order valence-corrected chi connectivity index (χ1v) is 6.94. The summed E-state index contributed by atoms with van der Waals surface area (Å²) in [6.45, 7) is 4.70. The Bertz CT molecular complexity index is 446. The van der Waals surface area contributed by atoms with Crippen LogP contribution < -0.4 is 0 Å². The van der Waals surface area contributed by atoms with Gasteiger partial charge in [-0.3, -0.25) is 9.69 Å². The summed E-state index contributed by atoms with van der Waals surface area (Å²) in [6.07, 6.45) is 0.161. The summed E-state index contributed by atoms with van der Waals surface area (Å²) in [5.41, 5.74) is 0.544. The number of nitrogens with zero attached hydrogens (tertiary/aromatic N) is 1. The monoisotopic (exact) mass is 281 g/mol. The number of hydrogen-bond acceptors (Lipinski definition) is 4. The molecule has 1 aliphatic heterocycles. The maximum absolute atomic E-state index is 14.0. The third-order valence-electron chi connectivity index (χ3n) is 3.42. The van der Waals surface area contributed by atoms with E-state index in [9.17, 15) is 9.18 Å². The molecule has 2 rings (SSSR count). The number of morpholine rings is 1. The molecule has 1 aliphatic rings. The molecule has 1 aromatic rings. The first-order valence-electron chi connectivity index (χ1n) is 6.94. The minimum Gasteiger partial charge on any atom is -0.466 e. The zero-order valence-corrected chi connectivity index (χ0v) is 11.7. The molecule has 0 spiro atoms. The first-order chi connectivity index (χ1) is 9.72. The average molecular weight is 281 g/mol. The van der Waals surface area contributed by atoms with Crippen LogP contribution in [0, 0.1) is 5.82 Å². The molecule has 0 aromatic heterocycles. The molecule has 0 N–H and O–H groups in total. The van der Waals surface area contributed by atoms with E-state index in [0.717, 1.165) is 0 Å². The molecule has 0 amide bonds. The van der Waals surface area contributed by atoms with Gasteiger partial charge in [0.15, 0.2) is 0 Å². The summed E-state index contributed by atoms with van der Waals surface area (Å²) in [4.78, 5) is 13.9. The maximum Gasteiger partial charge on any atom is 0.307 e. The Morgan fingerprint density at radius 1 is 1.40 bits per heavy atom. The van der Waals surface area contributed by atoms with E-state index < -0.39 is 0 Å². The molecule has 1 unspecified atom stereocenters. The van der Waals surface area contributed by atoms with Crippen molar-refractivity contribution in [3.05, 3.63) is 35.6 Å². The van der Waals surface area contributed by atoms with Crippen LogP contribution in [0.4, 0.5) is 4.39 Å². The van der Waals surface area contributed by atoms with Gasteiger partial charge in [-0.1, -0.05) is 18.2 Å². The van der Waals surface area contributed by atoms with Gasteiger partial charge in [-0.2, -0.15) is 0 Å². The van der Waals surface area contributed by atoms with Crippen molar-refractivity contribution in [2.75, 3.05) is 32.9 Å². The van der Waals surface area contributed by atoms with Crippen LogP contribution >= 0.6 is 0 Å². The smallest absolute Gasteiger partial charge is 0.307 e. The highest BCUT2D eigenvalue weighted by molar-refractivity contribution is 5.70. The largest absolute Gasteiger partial charge is 0.466 e. The zero-order valence-electron chi connectivity index (χ0n) is 11.7. The third kappa shape index (κ3) is 3.77. The van der Waals surface area contributed by atoms with Crippen molar-refractivity contribution in [3.8, 4) is 0 Å². The highest BCUT2D eigenvalue weighted by Gasteiger charge is 2.27. The SMILES string of the molecule is CCOC(=O)CC(c1ccccc1F)N1CCOCC1. The maximum atomic E-state index is 14.0.